The average Bonchev–Trinajstić information content (AvgIpc) is 2.99. The Morgan fingerprint density at radius 3 is 2.67 bits per heavy atom. The quantitative estimate of drug-likeness (QED) is 0.717. The van der Waals surface area contributed by atoms with Crippen LogP contribution >= 0.6 is 22.9 Å². The van der Waals surface area contributed by atoms with Crippen LogP contribution in [0, 0.1) is 6.92 Å². The van der Waals surface area contributed by atoms with Gasteiger partial charge in [0.05, 0.1) is 9.85 Å². The molecule has 0 saturated carbocycles. The van der Waals surface area contributed by atoms with Crippen molar-refractivity contribution in [2.45, 2.75) is 13.5 Å². The second kappa shape index (κ2) is 6.07. The normalized spacial score (nSPS) is 11.2. The van der Waals surface area contributed by atoms with Gasteiger partial charge in [-0.25, -0.2) is 9.78 Å². The van der Waals surface area contributed by atoms with Crippen LogP contribution in [0.4, 0.5) is 0 Å². The zero-order chi connectivity index (χ0) is 17.6. The molecule has 0 aromatic carbocycles. The molecule has 8 heteroatoms. The molecule has 0 atom stereocenters. The summed E-state index contributed by atoms with van der Waals surface area (Å²) in [6.45, 7) is 1.93. The Morgan fingerprint density at radius 2 is 2.08 bits per heavy atom. The average molecular weight is 365 g/mol. The summed E-state index contributed by atoms with van der Waals surface area (Å²) in [6.07, 6.45) is 1.72. The van der Waals surface area contributed by atoms with Crippen LogP contribution in [0.1, 0.15) is 5.56 Å². The second-order valence-electron chi connectivity index (χ2n) is 5.85. The van der Waals surface area contributed by atoms with Crippen LogP contribution in [0.25, 0.3) is 21.6 Å². The molecule has 3 aromatic heterocycles. The van der Waals surface area contributed by atoms with Gasteiger partial charge in [-0.1, -0.05) is 11.6 Å². The minimum atomic E-state index is -0.259. The summed E-state index contributed by atoms with van der Waals surface area (Å²) in [5.74, 6) is -0.148. The van der Waals surface area contributed by atoms with Gasteiger partial charge in [0.25, 0.3) is 0 Å². The van der Waals surface area contributed by atoms with Gasteiger partial charge in [0.1, 0.15) is 6.54 Å². The summed E-state index contributed by atoms with van der Waals surface area (Å²) in [5.41, 5.74) is 2.81. The first-order valence-electron chi connectivity index (χ1n) is 7.31. The van der Waals surface area contributed by atoms with Gasteiger partial charge in [-0.2, -0.15) is 0 Å². The second-order valence-corrected chi connectivity index (χ2v) is 7.50. The Bertz CT molecular complexity index is 980. The number of imidazole rings is 1. The Balaban J connectivity index is 2.17. The number of aromatic nitrogens is 3. The molecule has 3 rings (SSSR count). The Morgan fingerprint density at radius 1 is 1.38 bits per heavy atom. The fourth-order valence-corrected chi connectivity index (χ4v) is 3.63. The molecule has 0 aliphatic heterocycles. The lowest BCUT2D eigenvalue weighted by Crippen LogP contribution is -2.31. The highest BCUT2D eigenvalue weighted by Crippen LogP contribution is 2.34. The summed E-state index contributed by atoms with van der Waals surface area (Å²) < 4.78 is 3.64. The third-order valence-electron chi connectivity index (χ3n) is 3.91. The van der Waals surface area contributed by atoms with E-state index in [1.807, 2.05) is 19.1 Å². The zero-order valence-corrected chi connectivity index (χ0v) is 15.4. The van der Waals surface area contributed by atoms with Crippen LogP contribution in [-0.2, 0) is 18.4 Å². The van der Waals surface area contributed by atoms with Crippen molar-refractivity contribution < 1.29 is 4.79 Å². The van der Waals surface area contributed by atoms with Crippen molar-refractivity contribution >= 4 is 40.0 Å². The smallest absolute Gasteiger partial charge is 0.330 e. The molecule has 0 aliphatic rings. The first-order chi connectivity index (χ1) is 11.3. The van der Waals surface area contributed by atoms with Crippen molar-refractivity contribution in [1.29, 1.82) is 0 Å². The monoisotopic (exact) mass is 364 g/mol. The van der Waals surface area contributed by atoms with E-state index in [-0.39, 0.29) is 18.1 Å². The van der Waals surface area contributed by atoms with Crippen LogP contribution in [0.2, 0.25) is 4.34 Å². The minimum Gasteiger partial charge on any atom is -0.347 e. The molecule has 0 spiro atoms. The maximum Gasteiger partial charge on any atom is 0.330 e. The highest BCUT2D eigenvalue weighted by Gasteiger charge is 2.17. The lowest BCUT2D eigenvalue weighted by atomic mass is 10.2. The van der Waals surface area contributed by atoms with E-state index in [2.05, 4.69) is 4.98 Å². The van der Waals surface area contributed by atoms with Gasteiger partial charge in [-0.05, 0) is 24.6 Å². The number of fused-ring (bicyclic) bond motifs is 1. The van der Waals surface area contributed by atoms with Gasteiger partial charge >= 0.3 is 5.69 Å². The lowest BCUT2D eigenvalue weighted by Gasteiger charge is -2.10. The number of amides is 1. The first-order valence-corrected chi connectivity index (χ1v) is 8.50. The number of aryl methyl sites for hydroxylation is 2. The summed E-state index contributed by atoms with van der Waals surface area (Å²) in [5, 5.41) is 0. The Kier molecular flexibility index (Phi) is 4.23. The summed E-state index contributed by atoms with van der Waals surface area (Å²) >= 11 is 7.62. The molecule has 3 heterocycles. The molecule has 3 aromatic rings. The third-order valence-corrected chi connectivity index (χ3v) is 5.51. The largest absolute Gasteiger partial charge is 0.347 e. The predicted molar refractivity (Wildman–Crippen MR) is 96.7 cm³/mol. The van der Waals surface area contributed by atoms with E-state index in [1.54, 1.807) is 27.3 Å². The number of pyridine rings is 1. The summed E-state index contributed by atoms with van der Waals surface area (Å²) in [6, 6.07) is 3.88. The van der Waals surface area contributed by atoms with Crippen molar-refractivity contribution in [3.05, 3.63) is 38.7 Å². The van der Waals surface area contributed by atoms with Gasteiger partial charge in [0.15, 0.2) is 5.65 Å². The van der Waals surface area contributed by atoms with Crippen molar-refractivity contribution in [3.63, 3.8) is 0 Å². The van der Waals surface area contributed by atoms with Crippen LogP contribution in [0.5, 0.6) is 0 Å². The number of likely N-dealkylation sites (N-methyl/N-ethyl adjacent to an activating group) is 1. The lowest BCUT2D eigenvalue weighted by molar-refractivity contribution is -0.129. The molecule has 0 radical (unpaired) electrons. The van der Waals surface area contributed by atoms with E-state index in [0.717, 1.165) is 20.3 Å². The highest BCUT2D eigenvalue weighted by molar-refractivity contribution is 7.19. The molecule has 1 amide bonds. The molecular formula is C16H17ClN4O2S. The van der Waals surface area contributed by atoms with Crippen LogP contribution in [-0.4, -0.2) is 39.0 Å². The number of carbonyl (C=O) groups excluding carboxylic acids is 1. The van der Waals surface area contributed by atoms with Gasteiger partial charge < -0.3 is 4.90 Å². The maximum atomic E-state index is 12.4. The molecule has 0 aliphatic carbocycles. The maximum absolute atomic E-state index is 12.4. The number of thiophene rings is 1. The molecule has 0 fully saturated rings. The van der Waals surface area contributed by atoms with Crippen LogP contribution < -0.4 is 5.69 Å². The number of hydrogen-bond acceptors (Lipinski definition) is 4. The fraction of sp³-hybridized carbons (Fsp3) is 0.312. The molecular weight excluding hydrogens is 348 g/mol. The minimum absolute atomic E-state index is 0.0153. The van der Waals surface area contributed by atoms with Crippen molar-refractivity contribution in [2.24, 2.45) is 7.05 Å². The van der Waals surface area contributed by atoms with Gasteiger partial charge in [0.2, 0.25) is 5.91 Å². The van der Waals surface area contributed by atoms with Crippen molar-refractivity contribution in [3.8, 4) is 10.4 Å². The van der Waals surface area contributed by atoms with E-state index in [1.165, 1.54) is 25.4 Å². The molecule has 0 saturated heterocycles. The molecule has 0 bridgehead atoms. The van der Waals surface area contributed by atoms with Crippen LogP contribution in [0.3, 0.4) is 0 Å². The van der Waals surface area contributed by atoms with Gasteiger partial charge in [0, 0.05) is 37.8 Å². The molecule has 24 heavy (non-hydrogen) atoms. The third kappa shape index (κ3) is 2.74. The van der Waals surface area contributed by atoms with E-state index in [4.69, 9.17) is 11.6 Å². The van der Waals surface area contributed by atoms with Crippen molar-refractivity contribution in [2.75, 3.05) is 14.1 Å². The zero-order valence-electron chi connectivity index (χ0n) is 13.8. The number of rotatable bonds is 3. The molecule has 0 N–H and O–H groups in total. The number of halogens is 1. The Labute approximate surface area is 147 Å². The highest BCUT2D eigenvalue weighted by atomic mass is 35.5. The van der Waals surface area contributed by atoms with Crippen LogP contribution in [0.15, 0.2) is 23.1 Å². The Hall–Kier alpha value is -2.12. The SMILES string of the molecule is Cc1cc(-c2cnc3c(c2)n(CC(=O)N(C)C)c(=O)n3C)sc1Cl. The van der Waals surface area contributed by atoms with E-state index < -0.39 is 0 Å². The number of nitrogens with zero attached hydrogens (tertiary/aromatic N) is 4. The first kappa shape index (κ1) is 16.7. The van der Waals surface area contributed by atoms with Gasteiger partial charge in [-0.3, -0.25) is 13.9 Å². The molecule has 0 unspecified atom stereocenters. The number of carbonyl (C=O) groups is 1. The van der Waals surface area contributed by atoms with Crippen molar-refractivity contribution in [1.82, 2.24) is 19.0 Å². The summed E-state index contributed by atoms with van der Waals surface area (Å²) in [7, 11) is 4.98. The predicted octanol–water partition coefficient (Wildman–Crippen LogP) is 2.51. The molecule has 126 valence electrons. The fourth-order valence-electron chi connectivity index (χ4n) is 2.44. The number of hydrogen-bond donors (Lipinski definition) is 0. The van der Waals surface area contributed by atoms with E-state index in [0.29, 0.717) is 11.2 Å². The van der Waals surface area contributed by atoms with E-state index in [9.17, 15) is 9.59 Å². The summed E-state index contributed by atoms with van der Waals surface area (Å²) in [4.78, 5) is 31.3. The standard InChI is InChI=1S/C16H17ClN4O2S/c1-9-5-12(24-14(9)17)10-6-11-15(18-7-10)20(4)16(23)21(11)8-13(22)19(2)3/h5-7H,8H2,1-4H3. The van der Waals surface area contributed by atoms with E-state index >= 15 is 0 Å². The topological polar surface area (TPSA) is 60.1 Å². The van der Waals surface area contributed by atoms with Gasteiger partial charge in [-0.15, -0.1) is 11.3 Å². The molecule has 6 nitrogen and oxygen atoms in total.